The van der Waals surface area contributed by atoms with Gasteiger partial charge in [-0.1, -0.05) is 42.3 Å². The van der Waals surface area contributed by atoms with Crippen LogP contribution in [-0.4, -0.2) is 53.6 Å². The first kappa shape index (κ1) is 34.5. The highest BCUT2D eigenvalue weighted by Gasteiger charge is 2.33. The number of hydrogen-bond donors (Lipinski definition) is 1. The summed E-state index contributed by atoms with van der Waals surface area (Å²) in [4.78, 5) is 26.2. The molecule has 0 spiro atoms. The average Bonchev–Trinajstić information content (AvgIpc) is 3.05. The number of alkyl halides is 3. The maximum absolute atomic E-state index is 13.8. The lowest BCUT2D eigenvalue weighted by Gasteiger charge is -2.26. The largest absolute Gasteiger partial charge is 0.573 e. The normalized spacial score (nSPS) is 13.5. The lowest BCUT2D eigenvalue weighted by molar-refractivity contribution is -0.274. The number of amides is 1. The van der Waals surface area contributed by atoms with Gasteiger partial charge in [0.25, 0.3) is 0 Å². The number of ether oxygens (including phenoxy) is 3. The highest BCUT2D eigenvalue weighted by atomic mass is 19.4. The Morgan fingerprint density at radius 3 is 2.38 bits per heavy atom. The van der Waals surface area contributed by atoms with E-state index < -0.39 is 18.2 Å². The maximum Gasteiger partial charge on any atom is 0.573 e. The Labute approximate surface area is 278 Å². The summed E-state index contributed by atoms with van der Waals surface area (Å²) in [7, 11) is 0. The number of aryl methyl sites for hydroxylation is 3. The molecule has 1 amide bonds. The zero-order valence-corrected chi connectivity index (χ0v) is 27.3. The van der Waals surface area contributed by atoms with Crippen LogP contribution in [0.2, 0.25) is 0 Å². The molecule has 0 bridgehead atoms. The third kappa shape index (κ3) is 9.83. The quantitative estimate of drug-likeness (QED) is 0.151. The Morgan fingerprint density at radius 1 is 0.958 bits per heavy atom. The predicted octanol–water partition coefficient (Wildman–Crippen LogP) is 8.50. The number of benzene rings is 3. The maximum atomic E-state index is 13.8. The molecule has 3 aromatic carbocycles. The molecule has 1 fully saturated rings. The van der Waals surface area contributed by atoms with Crippen LogP contribution in [0, 0.1) is 20.8 Å². The number of para-hydroxylation sites is 1. The summed E-state index contributed by atoms with van der Waals surface area (Å²) in [6.45, 7) is 9.22. The van der Waals surface area contributed by atoms with E-state index >= 15 is 0 Å². The molecule has 2 heterocycles. The Bertz CT molecular complexity index is 1650. The van der Waals surface area contributed by atoms with Gasteiger partial charge in [-0.15, -0.1) is 13.2 Å². The molecular formula is C36H40F3N5O4. The van der Waals surface area contributed by atoms with Gasteiger partial charge < -0.3 is 24.4 Å². The number of likely N-dealkylation sites (tertiary alicyclic amines) is 1. The van der Waals surface area contributed by atoms with Crippen LogP contribution in [0.4, 0.5) is 35.4 Å². The molecule has 1 aliphatic rings. The number of aromatic nitrogens is 2. The van der Waals surface area contributed by atoms with Gasteiger partial charge in [-0.25, -0.2) is 9.78 Å². The van der Waals surface area contributed by atoms with Crippen molar-refractivity contribution < 1.29 is 32.2 Å². The summed E-state index contributed by atoms with van der Waals surface area (Å²) in [5.41, 5.74) is 3.25. The van der Waals surface area contributed by atoms with Crippen molar-refractivity contribution in [2.45, 2.75) is 59.4 Å². The van der Waals surface area contributed by atoms with Crippen LogP contribution in [0.3, 0.4) is 0 Å². The van der Waals surface area contributed by atoms with Crippen LogP contribution in [0.15, 0.2) is 72.9 Å². The van der Waals surface area contributed by atoms with Crippen molar-refractivity contribution in [2.24, 2.45) is 0 Å². The number of carbonyl (C=O) groups excluding carboxylic acids is 1. The summed E-state index contributed by atoms with van der Waals surface area (Å²) < 4.78 is 55.7. The van der Waals surface area contributed by atoms with E-state index in [4.69, 9.17) is 9.47 Å². The van der Waals surface area contributed by atoms with Crippen LogP contribution in [0.25, 0.3) is 0 Å². The number of rotatable bonds is 12. The fourth-order valence-electron chi connectivity index (χ4n) is 5.72. The van der Waals surface area contributed by atoms with Gasteiger partial charge in [0.1, 0.15) is 23.1 Å². The molecule has 1 aromatic heterocycles. The molecule has 1 saturated heterocycles. The molecular weight excluding hydrogens is 623 g/mol. The molecule has 9 nitrogen and oxygen atoms in total. The molecule has 0 atom stereocenters. The Hall–Kier alpha value is -4.84. The number of anilines is 3. The molecule has 0 aliphatic carbocycles. The number of nitrogens with one attached hydrogen (secondary N) is 1. The molecule has 1 aliphatic heterocycles. The highest BCUT2D eigenvalue weighted by Crippen LogP contribution is 2.31. The van der Waals surface area contributed by atoms with E-state index in [1.54, 1.807) is 6.07 Å². The minimum absolute atomic E-state index is 0.101. The Kier molecular flexibility index (Phi) is 11.4. The fraction of sp³-hybridized carbons (Fsp3) is 0.361. The topological polar surface area (TPSA) is 89.0 Å². The summed E-state index contributed by atoms with van der Waals surface area (Å²) in [5, 5.41) is 3.12. The summed E-state index contributed by atoms with van der Waals surface area (Å²) in [5.74, 6) is 0.936. The SMILES string of the molecule is Cc1cc(C)c(OC(=O)N(Cc2ccccc2OC(F)(F)F)c2ccnc(Nc3ccc(OCCCN4CCCCC4)cc3)n2)c(C)c1. The number of halogens is 3. The van der Waals surface area contributed by atoms with E-state index in [1.165, 1.54) is 49.7 Å². The van der Waals surface area contributed by atoms with Gasteiger partial charge in [0.05, 0.1) is 13.2 Å². The van der Waals surface area contributed by atoms with E-state index in [-0.39, 0.29) is 23.9 Å². The fourth-order valence-corrected chi connectivity index (χ4v) is 5.72. The van der Waals surface area contributed by atoms with E-state index in [0.29, 0.717) is 18.0 Å². The van der Waals surface area contributed by atoms with Crippen molar-refractivity contribution >= 4 is 23.5 Å². The number of piperidine rings is 1. The molecule has 5 rings (SSSR count). The van der Waals surface area contributed by atoms with Crippen molar-refractivity contribution in [2.75, 3.05) is 36.5 Å². The zero-order chi connectivity index (χ0) is 34.1. The highest BCUT2D eigenvalue weighted by molar-refractivity contribution is 5.88. The van der Waals surface area contributed by atoms with Crippen molar-refractivity contribution in [1.29, 1.82) is 0 Å². The lowest BCUT2D eigenvalue weighted by atomic mass is 10.1. The number of hydrogen-bond acceptors (Lipinski definition) is 8. The molecule has 0 saturated carbocycles. The monoisotopic (exact) mass is 663 g/mol. The Balaban J connectivity index is 1.32. The smallest absolute Gasteiger partial charge is 0.494 e. The number of carbonyl (C=O) groups is 1. The second-order valence-corrected chi connectivity index (χ2v) is 11.8. The zero-order valence-electron chi connectivity index (χ0n) is 27.3. The average molecular weight is 664 g/mol. The van der Waals surface area contributed by atoms with Crippen LogP contribution in [-0.2, 0) is 6.54 Å². The summed E-state index contributed by atoms with van der Waals surface area (Å²) in [6.07, 6.45) is 0.496. The van der Waals surface area contributed by atoms with Gasteiger partial charge in [-0.05, 0) is 101 Å². The van der Waals surface area contributed by atoms with Crippen LogP contribution >= 0.6 is 0 Å². The van der Waals surface area contributed by atoms with Gasteiger partial charge >= 0.3 is 12.5 Å². The van der Waals surface area contributed by atoms with E-state index in [2.05, 4.69) is 24.9 Å². The molecule has 0 radical (unpaired) electrons. The van der Waals surface area contributed by atoms with E-state index in [1.807, 2.05) is 57.2 Å². The third-order valence-corrected chi connectivity index (χ3v) is 7.91. The van der Waals surface area contributed by atoms with Crippen molar-refractivity contribution in [3.05, 3.63) is 95.2 Å². The first-order valence-electron chi connectivity index (χ1n) is 16.0. The van der Waals surface area contributed by atoms with E-state index in [9.17, 15) is 18.0 Å². The first-order chi connectivity index (χ1) is 23.0. The van der Waals surface area contributed by atoms with E-state index in [0.717, 1.165) is 53.4 Å². The van der Waals surface area contributed by atoms with Gasteiger partial charge in [-0.3, -0.25) is 4.90 Å². The van der Waals surface area contributed by atoms with Gasteiger partial charge in [0.2, 0.25) is 5.95 Å². The van der Waals surface area contributed by atoms with Gasteiger partial charge in [0, 0.05) is 24.0 Å². The van der Waals surface area contributed by atoms with Gasteiger partial charge in [-0.2, -0.15) is 4.98 Å². The van der Waals surface area contributed by atoms with Crippen LogP contribution < -0.4 is 24.4 Å². The summed E-state index contributed by atoms with van der Waals surface area (Å²) >= 11 is 0. The van der Waals surface area contributed by atoms with Crippen LogP contribution in [0.1, 0.15) is 47.9 Å². The lowest BCUT2D eigenvalue weighted by Crippen LogP contribution is -2.34. The van der Waals surface area contributed by atoms with Crippen molar-refractivity contribution in [1.82, 2.24) is 14.9 Å². The molecule has 48 heavy (non-hydrogen) atoms. The minimum atomic E-state index is -4.92. The molecule has 1 N–H and O–H groups in total. The van der Waals surface area contributed by atoms with Crippen LogP contribution in [0.5, 0.6) is 17.2 Å². The number of nitrogens with zero attached hydrogens (tertiary/aromatic N) is 4. The predicted molar refractivity (Wildman–Crippen MR) is 178 cm³/mol. The Morgan fingerprint density at radius 2 is 1.67 bits per heavy atom. The minimum Gasteiger partial charge on any atom is -0.494 e. The second-order valence-electron chi connectivity index (χ2n) is 11.8. The molecule has 254 valence electrons. The van der Waals surface area contributed by atoms with Gasteiger partial charge in [0.15, 0.2) is 0 Å². The second kappa shape index (κ2) is 15.8. The van der Waals surface area contributed by atoms with Crippen molar-refractivity contribution in [3.8, 4) is 17.2 Å². The standard InChI is InChI=1S/C36H40F3N5O4/c1-25-22-26(2)33(27(3)23-25)47-35(45)44(24-28-10-5-6-11-31(28)48-36(37,38)39)32-16-17-40-34(42-32)41-29-12-14-30(15-13-29)46-21-9-20-43-18-7-4-8-19-43/h5-6,10-17,22-23H,4,7-9,18-21,24H2,1-3H3,(H,40,41,42). The molecule has 4 aromatic rings. The third-order valence-electron chi connectivity index (χ3n) is 7.91. The van der Waals surface area contributed by atoms with Crippen molar-refractivity contribution in [3.63, 3.8) is 0 Å². The summed E-state index contributed by atoms with van der Waals surface area (Å²) in [6, 6.07) is 18.2. The first-order valence-corrected chi connectivity index (χ1v) is 16.0. The molecule has 0 unspecified atom stereocenters. The molecule has 12 heteroatoms.